The summed E-state index contributed by atoms with van der Waals surface area (Å²) in [6.45, 7) is 4.22. The van der Waals surface area contributed by atoms with E-state index in [1.807, 2.05) is 5.38 Å². The molecule has 3 N–H and O–H groups in total. The first-order valence-electron chi connectivity index (χ1n) is 6.94. The molecule has 2 heterocycles. The van der Waals surface area contributed by atoms with Crippen LogP contribution in [0.3, 0.4) is 0 Å². The van der Waals surface area contributed by atoms with Crippen LogP contribution >= 0.6 is 11.3 Å². The summed E-state index contributed by atoms with van der Waals surface area (Å²) in [5.74, 6) is 4.81. The standard InChI is InChI=1S/C13H22N4OS/c1-2-5-11-6-3-4-7-17(11)8-10-9-19-13(15-10)12(18)16-14/h9,11H,2-8,14H2,1H3,(H,16,18). The molecule has 1 amide bonds. The minimum Gasteiger partial charge on any atom is -0.295 e. The summed E-state index contributed by atoms with van der Waals surface area (Å²) in [6, 6.07) is 0.673. The lowest BCUT2D eigenvalue weighted by molar-refractivity contribution is 0.0952. The topological polar surface area (TPSA) is 71.2 Å². The summed E-state index contributed by atoms with van der Waals surface area (Å²) in [5, 5.41) is 2.41. The number of hydrogen-bond acceptors (Lipinski definition) is 5. The second-order valence-electron chi connectivity index (χ2n) is 5.03. The van der Waals surface area contributed by atoms with Gasteiger partial charge >= 0.3 is 0 Å². The fourth-order valence-corrected chi connectivity index (χ4v) is 3.39. The second kappa shape index (κ2) is 6.98. The van der Waals surface area contributed by atoms with E-state index in [1.54, 1.807) is 0 Å². The first kappa shape index (κ1) is 14.4. The number of aromatic nitrogens is 1. The molecule has 5 nitrogen and oxygen atoms in total. The maximum atomic E-state index is 11.4. The van der Waals surface area contributed by atoms with Gasteiger partial charge in [-0.05, 0) is 25.8 Å². The Kier molecular flexibility index (Phi) is 5.30. The van der Waals surface area contributed by atoms with Gasteiger partial charge in [0.15, 0.2) is 5.01 Å². The number of carbonyl (C=O) groups excluding carboxylic acids is 1. The van der Waals surface area contributed by atoms with Crippen molar-refractivity contribution in [2.75, 3.05) is 6.54 Å². The van der Waals surface area contributed by atoms with E-state index >= 15 is 0 Å². The summed E-state index contributed by atoms with van der Waals surface area (Å²) in [6.07, 6.45) is 6.35. The van der Waals surface area contributed by atoms with Crippen molar-refractivity contribution in [1.29, 1.82) is 0 Å². The van der Waals surface area contributed by atoms with E-state index in [-0.39, 0.29) is 5.91 Å². The first-order valence-corrected chi connectivity index (χ1v) is 7.82. The van der Waals surface area contributed by atoms with Gasteiger partial charge in [-0.1, -0.05) is 19.8 Å². The summed E-state index contributed by atoms with van der Waals surface area (Å²) >= 11 is 1.36. The molecule has 1 aromatic heterocycles. The number of amides is 1. The van der Waals surface area contributed by atoms with Crippen molar-refractivity contribution < 1.29 is 4.79 Å². The molecule has 19 heavy (non-hydrogen) atoms. The van der Waals surface area contributed by atoms with Gasteiger partial charge < -0.3 is 0 Å². The molecule has 1 atom stereocenters. The number of rotatable bonds is 5. The van der Waals surface area contributed by atoms with Gasteiger partial charge in [-0.2, -0.15) is 0 Å². The zero-order chi connectivity index (χ0) is 13.7. The van der Waals surface area contributed by atoms with Crippen LogP contribution in [0.1, 0.15) is 54.5 Å². The van der Waals surface area contributed by atoms with Gasteiger partial charge in [-0.3, -0.25) is 15.1 Å². The molecule has 1 aromatic rings. The molecule has 0 radical (unpaired) electrons. The van der Waals surface area contributed by atoms with Crippen molar-refractivity contribution in [1.82, 2.24) is 15.3 Å². The van der Waals surface area contributed by atoms with E-state index in [0.29, 0.717) is 11.0 Å². The Bertz CT molecular complexity index is 419. The van der Waals surface area contributed by atoms with Gasteiger partial charge in [0.1, 0.15) is 0 Å². The number of thiazole rings is 1. The summed E-state index contributed by atoms with van der Waals surface area (Å²) in [5.41, 5.74) is 3.10. The Hall–Kier alpha value is -0.980. The average molecular weight is 282 g/mol. The quantitative estimate of drug-likeness (QED) is 0.491. The predicted octanol–water partition coefficient (Wildman–Crippen LogP) is 1.90. The highest BCUT2D eigenvalue weighted by Gasteiger charge is 2.22. The molecule has 2 rings (SSSR count). The fraction of sp³-hybridized carbons (Fsp3) is 0.692. The van der Waals surface area contributed by atoms with Crippen LogP contribution in [-0.2, 0) is 6.54 Å². The van der Waals surface area contributed by atoms with Crippen LogP contribution in [-0.4, -0.2) is 28.4 Å². The third-order valence-electron chi connectivity index (χ3n) is 3.61. The molecule has 1 unspecified atom stereocenters. The molecule has 1 fully saturated rings. The average Bonchev–Trinajstić information content (AvgIpc) is 2.89. The number of nitrogens with zero attached hydrogens (tertiary/aromatic N) is 2. The third kappa shape index (κ3) is 3.75. The van der Waals surface area contributed by atoms with Gasteiger partial charge in [-0.15, -0.1) is 11.3 Å². The van der Waals surface area contributed by atoms with Gasteiger partial charge in [0, 0.05) is 18.0 Å². The van der Waals surface area contributed by atoms with Crippen molar-refractivity contribution in [3.05, 3.63) is 16.1 Å². The largest absolute Gasteiger partial charge is 0.295 e. The van der Waals surface area contributed by atoms with Crippen LogP contribution in [0.5, 0.6) is 0 Å². The van der Waals surface area contributed by atoms with Crippen LogP contribution in [0.15, 0.2) is 5.38 Å². The van der Waals surface area contributed by atoms with Crippen LogP contribution in [0.25, 0.3) is 0 Å². The van der Waals surface area contributed by atoms with Crippen LogP contribution in [0.4, 0.5) is 0 Å². The maximum Gasteiger partial charge on any atom is 0.294 e. The lowest BCUT2D eigenvalue weighted by Crippen LogP contribution is -2.38. The number of hydrogen-bond donors (Lipinski definition) is 2. The summed E-state index contributed by atoms with van der Waals surface area (Å²) < 4.78 is 0. The van der Waals surface area contributed by atoms with Crippen LogP contribution in [0, 0.1) is 0 Å². The van der Waals surface area contributed by atoms with Gasteiger partial charge in [0.05, 0.1) is 5.69 Å². The highest BCUT2D eigenvalue weighted by atomic mass is 32.1. The van der Waals surface area contributed by atoms with Crippen molar-refractivity contribution in [3.8, 4) is 0 Å². The molecular weight excluding hydrogens is 260 g/mol. The highest BCUT2D eigenvalue weighted by Crippen LogP contribution is 2.23. The van der Waals surface area contributed by atoms with Crippen molar-refractivity contribution >= 4 is 17.2 Å². The van der Waals surface area contributed by atoms with Crippen molar-refractivity contribution in [2.24, 2.45) is 5.84 Å². The number of carbonyl (C=O) groups is 1. The summed E-state index contributed by atoms with van der Waals surface area (Å²) in [4.78, 5) is 18.2. The molecule has 0 saturated carbocycles. The van der Waals surface area contributed by atoms with Gasteiger partial charge in [0.2, 0.25) is 0 Å². The minimum absolute atomic E-state index is 0.306. The lowest BCUT2D eigenvalue weighted by atomic mass is 9.98. The number of likely N-dealkylation sites (tertiary alicyclic amines) is 1. The van der Waals surface area contributed by atoms with Gasteiger partial charge in [0.25, 0.3) is 5.91 Å². The SMILES string of the molecule is CCCC1CCCCN1Cc1csc(C(=O)NN)n1. The Morgan fingerprint density at radius 2 is 2.47 bits per heavy atom. The number of nitrogens with one attached hydrogen (secondary N) is 1. The molecule has 1 aliphatic heterocycles. The van der Waals surface area contributed by atoms with E-state index in [0.717, 1.165) is 18.8 Å². The Labute approximate surface area is 118 Å². The van der Waals surface area contributed by atoms with Gasteiger partial charge in [-0.25, -0.2) is 10.8 Å². The maximum absolute atomic E-state index is 11.4. The Morgan fingerprint density at radius 3 is 3.21 bits per heavy atom. The van der Waals surface area contributed by atoms with Crippen molar-refractivity contribution in [2.45, 2.75) is 51.6 Å². The lowest BCUT2D eigenvalue weighted by Gasteiger charge is -2.35. The molecule has 0 spiro atoms. The monoisotopic (exact) mass is 282 g/mol. The van der Waals surface area contributed by atoms with E-state index in [9.17, 15) is 4.79 Å². The molecule has 1 saturated heterocycles. The molecule has 0 aliphatic carbocycles. The highest BCUT2D eigenvalue weighted by molar-refractivity contribution is 7.11. The number of piperidine rings is 1. The van der Waals surface area contributed by atoms with Crippen LogP contribution in [0.2, 0.25) is 0 Å². The molecule has 6 heteroatoms. The molecular formula is C13H22N4OS. The molecule has 0 bridgehead atoms. The fourth-order valence-electron chi connectivity index (χ4n) is 2.68. The van der Waals surface area contributed by atoms with E-state index in [2.05, 4.69) is 22.2 Å². The zero-order valence-corrected chi connectivity index (χ0v) is 12.2. The Morgan fingerprint density at radius 1 is 1.63 bits per heavy atom. The predicted molar refractivity (Wildman–Crippen MR) is 76.7 cm³/mol. The van der Waals surface area contributed by atoms with E-state index in [1.165, 1.54) is 43.4 Å². The third-order valence-corrected chi connectivity index (χ3v) is 4.50. The normalized spacial score (nSPS) is 20.4. The Balaban J connectivity index is 1.98. The second-order valence-corrected chi connectivity index (χ2v) is 5.88. The smallest absolute Gasteiger partial charge is 0.294 e. The molecule has 1 aliphatic rings. The summed E-state index contributed by atoms with van der Waals surface area (Å²) in [7, 11) is 0. The first-order chi connectivity index (χ1) is 9.24. The minimum atomic E-state index is -0.306. The van der Waals surface area contributed by atoms with Crippen LogP contribution < -0.4 is 11.3 Å². The number of hydrazine groups is 1. The van der Waals surface area contributed by atoms with E-state index < -0.39 is 0 Å². The molecule has 106 valence electrons. The number of nitrogens with two attached hydrogens (primary N) is 1. The zero-order valence-electron chi connectivity index (χ0n) is 11.4. The number of nitrogen functional groups attached to an aromatic ring is 1. The molecule has 0 aromatic carbocycles. The van der Waals surface area contributed by atoms with E-state index in [4.69, 9.17) is 5.84 Å². The van der Waals surface area contributed by atoms with Crippen molar-refractivity contribution in [3.63, 3.8) is 0 Å².